The quantitative estimate of drug-likeness (QED) is 0.846. The van der Waals surface area contributed by atoms with Gasteiger partial charge in [-0.15, -0.1) is 0 Å². The fraction of sp³-hybridized carbons (Fsp3) is 0.462. The van der Waals surface area contributed by atoms with Gasteiger partial charge in [-0.05, 0) is 24.3 Å². The van der Waals surface area contributed by atoms with E-state index in [4.69, 9.17) is 0 Å². The van der Waals surface area contributed by atoms with Crippen LogP contribution in [0.3, 0.4) is 0 Å². The van der Waals surface area contributed by atoms with Crippen LogP contribution < -0.4 is 9.64 Å². The van der Waals surface area contributed by atoms with E-state index in [1.54, 1.807) is 0 Å². The van der Waals surface area contributed by atoms with Crippen molar-refractivity contribution in [1.82, 2.24) is 0 Å². The van der Waals surface area contributed by atoms with E-state index in [0.717, 1.165) is 0 Å². The summed E-state index contributed by atoms with van der Waals surface area (Å²) < 4.78 is 51.8. The molecule has 0 radical (unpaired) electrons. The van der Waals surface area contributed by atoms with Crippen LogP contribution in [-0.2, 0) is 14.6 Å². The van der Waals surface area contributed by atoms with Crippen molar-refractivity contribution in [2.75, 3.05) is 16.4 Å². The number of fused-ring (bicyclic) bond motifs is 1. The monoisotopic (exact) mass is 317 g/mol. The molecule has 1 aromatic rings. The Morgan fingerprint density at radius 1 is 1.19 bits per heavy atom. The Hall–Kier alpha value is -1.70. The zero-order chi connectivity index (χ0) is 15.2. The number of hydrogen-bond acceptors (Lipinski definition) is 4. The Morgan fingerprint density at radius 2 is 1.86 bits per heavy atom. The topological polar surface area (TPSA) is 63.7 Å². The van der Waals surface area contributed by atoms with Crippen LogP contribution in [-0.4, -0.2) is 38.5 Å². The zero-order valence-electron chi connectivity index (χ0n) is 10.9. The van der Waals surface area contributed by atoms with Crippen molar-refractivity contribution in [1.29, 1.82) is 0 Å². The number of ether oxygens (including phenoxy) is 1. The van der Waals surface area contributed by atoms with Gasteiger partial charge in [0.05, 0.1) is 17.5 Å². The molecule has 0 unspecified atom stereocenters. The predicted molar refractivity (Wildman–Crippen MR) is 71.1 cm³/mol. The molecular weight excluding hydrogens is 304 g/mol. The molecule has 21 heavy (non-hydrogen) atoms. The lowest BCUT2D eigenvalue weighted by atomic mass is 10.0. The highest BCUT2D eigenvalue weighted by Crippen LogP contribution is 2.37. The minimum atomic E-state index is -3.11. The largest absolute Gasteiger partial charge is 0.435 e. The van der Waals surface area contributed by atoms with E-state index in [0.29, 0.717) is 5.69 Å². The second-order valence-corrected chi connectivity index (χ2v) is 7.40. The van der Waals surface area contributed by atoms with Crippen molar-refractivity contribution in [2.45, 2.75) is 19.1 Å². The van der Waals surface area contributed by atoms with Gasteiger partial charge in [-0.25, -0.2) is 8.42 Å². The molecule has 0 aromatic heterocycles. The smallest absolute Gasteiger partial charge is 0.387 e. The zero-order valence-corrected chi connectivity index (χ0v) is 11.7. The van der Waals surface area contributed by atoms with E-state index in [2.05, 4.69) is 4.74 Å². The molecule has 2 aliphatic rings. The van der Waals surface area contributed by atoms with Crippen LogP contribution in [0.5, 0.6) is 5.75 Å². The summed E-state index contributed by atoms with van der Waals surface area (Å²) in [5.74, 6) is -0.330. The fourth-order valence-electron chi connectivity index (χ4n) is 3.01. The van der Waals surface area contributed by atoms with Crippen LogP contribution in [0.15, 0.2) is 24.3 Å². The molecule has 2 aliphatic heterocycles. The van der Waals surface area contributed by atoms with Crippen molar-refractivity contribution in [3.8, 4) is 5.75 Å². The predicted octanol–water partition coefficient (Wildman–Crippen LogP) is 1.44. The maximum absolute atomic E-state index is 12.1. The molecule has 114 valence electrons. The van der Waals surface area contributed by atoms with Gasteiger partial charge < -0.3 is 9.64 Å². The number of halogens is 2. The van der Waals surface area contributed by atoms with Gasteiger partial charge in [0.2, 0.25) is 5.91 Å². The molecule has 0 aliphatic carbocycles. The van der Waals surface area contributed by atoms with Crippen LogP contribution in [0.2, 0.25) is 0 Å². The number of hydrogen-bond donors (Lipinski definition) is 0. The summed E-state index contributed by atoms with van der Waals surface area (Å²) in [5.41, 5.74) is 0.506. The standard InChI is InChI=1S/C13H13F2NO4S/c14-13(15)20-10-3-1-9(2-4-10)16-11-7-21(18,19)6-8(11)5-12(16)17/h1-4,8,11,13H,5-7H2/t8-,11-/m1/s1. The number of sulfone groups is 1. The van der Waals surface area contributed by atoms with Crippen LogP contribution in [0, 0.1) is 5.92 Å². The first-order valence-corrected chi connectivity index (χ1v) is 8.25. The Kier molecular flexibility index (Phi) is 3.35. The third-order valence-electron chi connectivity index (χ3n) is 3.81. The van der Waals surface area contributed by atoms with Crippen molar-refractivity contribution in [2.24, 2.45) is 5.92 Å². The molecule has 2 atom stereocenters. The summed E-state index contributed by atoms with van der Waals surface area (Å²) in [5, 5.41) is 0. The number of carbonyl (C=O) groups excluding carboxylic acids is 1. The molecule has 2 saturated heterocycles. The van der Waals surface area contributed by atoms with Crippen molar-refractivity contribution < 1.29 is 26.7 Å². The molecule has 3 rings (SSSR count). The molecule has 0 saturated carbocycles. The Balaban J connectivity index is 1.84. The maximum atomic E-state index is 12.1. The second-order valence-electron chi connectivity index (χ2n) is 5.24. The normalized spacial score (nSPS) is 27.2. The average molecular weight is 317 g/mol. The summed E-state index contributed by atoms with van der Waals surface area (Å²) in [7, 11) is -3.11. The van der Waals surface area contributed by atoms with Gasteiger partial charge in [0.1, 0.15) is 5.75 Å². The van der Waals surface area contributed by atoms with E-state index in [1.807, 2.05) is 0 Å². The molecule has 2 fully saturated rings. The molecule has 2 heterocycles. The lowest BCUT2D eigenvalue weighted by Gasteiger charge is -2.23. The van der Waals surface area contributed by atoms with Crippen LogP contribution >= 0.6 is 0 Å². The number of benzene rings is 1. The average Bonchev–Trinajstić information content (AvgIpc) is 2.80. The minimum absolute atomic E-state index is 0.00371. The number of nitrogens with zero attached hydrogens (tertiary/aromatic N) is 1. The molecule has 5 nitrogen and oxygen atoms in total. The van der Waals surface area contributed by atoms with E-state index in [-0.39, 0.29) is 41.5 Å². The lowest BCUT2D eigenvalue weighted by Crippen LogP contribution is -2.36. The van der Waals surface area contributed by atoms with Gasteiger partial charge in [0.25, 0.3) is 0 Å². The van der Waals surface area contributed by atoms with Crippen molar-refractivity contribution >= 4 is 21.4 Å². The highest BCUT2D eigenvalue weighted by molar-refractivity contribution is 7.91. The van der Waals surface area contributed by atoms with Crippen molar-refractivity contribution in [3.05, 3.63) is 24.3 Å². The highest BCUT2D eigenvalue weighted by atomic mass is 32.2. The number of alkyl halides is 2. The van der Waals surface area contributed by atoms with E-state index < -0.39 is 16.4 Å². The molecule has 8 heteroatoms. The third kappa shape index (κ3) is 2.72. The Labute approximate surface area is 120 Å². The maximum Gasteiger partial charge on any atom is 0.387 e. The van der Waals surface area contributed by atoms with E-state index in [9.17, 15) is 22.0 Å². The van der Waals surface area contributed by atoms with Crippen LogP contribution in [0.25, 0.3) is 0 Å². The summed E-state index contributed by atoms with van der Waals surface area (Å²) in [6, 6.07) is 5.30. The fourth-order valence-corrected chi connectivity index (χ4v) is 5.08. The summed E-state index contributed by atoms with van der Waals surface area (Å²) in [4.78, 5) is 13.5. The third-order valence-corrected chi connectivity index (χ3v) is 5.60. The molecule has 0 bridgehead atoms. The van der Waals surface area contributed by atoms with Gasteiger partial charge >= 0.3 is 6.61 Å². The van der Waals surface area contributed by atoms with Crippen LogP contribution in [0.4, 0.5) is 14.5 Å². The lowest BCUT2D eigenvalue weighted by molar-refractivity contribution is -0.117. The van der Waals surface area contributed by atoms with Gasteiger partial charge in [-0.2, -0.15) is 8.78 Å². The minimum Gasteiger partial charge on any atom is -0.435 e. The van der Waals surface area contributed by atoms with Gasteiger partial charge in [0.15, 0.2) is 9.84 Å². The Bertz CT molecular complexity index is 659. The molecule has 0 N–H and O–H groups in total. The summed E-state index contributed by atoms with van der Waals surface area (Å²) in [6.07, 6.45) is 0.208. The number of amides is 1. The summed E-state index contributed by atoms with van der Waals surface area (Å²) >= 11 is 0. The molecule has 1 amide bonds. The molecular formula is C13H13F2NO4S. The Morgan fingerprint density at radius 3 is 2.48 bits per heavy atom. The highest BCUT2D eigenvalue weighted by Gasteiger charge is 2.49. The SMILES string of the molecule is O=C1C[C@@H]2CS(=O)(=O)C[C@H]2N1c1ccc(OC(F)F)cc1. The van der Waals surface area contributed by atoms with Gasteiger partial charge in [-0.1, -0.05) is 0 Å². The van der Waals surface area contributed by atoms with Gasteiger partial charge in [0, 0.05) is 18.0 Å². The van der Waals surface area contributed by atoms with E-state index in [1.165, 1.54) is 29.2 Å². The van der Waals surface area contributed by atoms with Crippen molar-refractivity contribution in [3.63, 3.8) is 0 Å². The first kappa shape index (κ1) is 14.2. The first-order chi connectivity index (χ1) is 9.85. The van der Waals surface area contributed by atoms with Gasteiger partial charge in [-0.3, -0.25) is 4.79 Å². The van der Waals surface area contributed by atoms with Crippen LogP contribution in [0.1, 0.15) is 6.42 Å². The number of anilines is 1. The second kappa shape index (κ2) is 4.94. The molecule has 1 aromatic carbocycles. The first-order valence-electron chi connectivity index (χ1n) is 6.43. The number of rotatable bonds is 3. The summed E-state index contributed by atoms with van der Waals surface area (Å²) in [6.45, 7) is -2.91. The number of carbonyl (C=O) groups is 1. The van der Waals surface area contributed by atoms with E-state index >= 15 is 0 Å². The molecule has 0 spiro atoms.